The standard InChI is InChI=1S/C32H40FN3O5S/c1-18-11-24-23-10-5-20-12-25(36-22-8-6-21(33)7-9-22)19(15-34)13-30(20,2)28(23)26(37)14-31(24,3)32(18,29(39)42-17-35)41-27(38)16-40-4/h6-9,12,15,17-18,23-24,26,28,34-37H,5,10-11,13-14,16H2,1-4H3/p+1/t18-,23+,24?,26+,28?,30+,31+,32+/m1/s1. The van der Waals surface area contributed by atoms with E-state index in [-0.39, 0.29) is 53.0 Å². The summed E-state index contributed by atoms with van der Waals surface area (Å²) in [6, 6.07) is 6.31. The molecule has 5 N–H and O–H groups in total. The van der Waals surface area contributed by atoms with Crippen LogP contribution in [0.25, 0.3) is 0 Å². The molecule has 4 aliphatic carbocycles. The van der Waals surface area contributed by atoms with Crippen LogP contribution >= 0.6 is 11.8 Å². The topological polar surface area (TPSA) is 137 Å². The second kappa shape index (κ2) is 11.4. The van der Waals surface area contributed by atoms with Crippen molar-refractivity contribution in [2.45, 2.75) is 64.6 Å². The largest absolute Gasteiger partial charge is 0.447 e. The number of aliphatic hydroxyl groups is 1. The fourth-order valence-corrected chi connectivity index (χ4v) is 9.97. The zero-order valence-corrected chi connectivity index (χ0v) is 25.4. The van der Waals surface area contributed by atoms with Crippen LogP contribution in [0.1, 0.15) is 52.9 Å². The Kier molecular flexibility index (Phi) is 8.39. The number of aliphatic hydroxyl groups excluding tert-OH is 1. The van der Waals surface area contributed by atoms with Crippen LogP contribution < -0.4 is 5.32 Å². The minimum atomic E-state index is -1.48. The number of hydrogen-bond donors (Lipinski definition) is 4. The molecule has 3 saturated carbocycles. The fourth-order valence-electron chi connectivity index (χ4n) is 9.21. The second-order valence-corrected chi connectivity index (χ2v) is 13.8. The first-order valence-electron chi connectivity index (χ1n) is 14.6. The summed E-state index contributed by atoms with van der Waals surface area (Å²) in [6.45, 7) is 5.84. The highest BCUT2D eigenvalue weighted by atomic mass is 32.2. The van der Waals surface area contributed by atoms with Crippen LogP contribution in [-0.2, 0) is 19.1 Å². The van der Waals surface area contributed by atoms with Crippen LogP contribution in [0.3, 0.4) is 0 Å². The molecule has 3 fully saturated rings. The lowest BCUT2D eigenvalue weighted by Crippen LogP contribution is -2.76. The molecule has 0 amide bonds. The highest BCUT2D eigenvalue weighted by Crippen LogP contribution is 2.70. The monoisotopic (exact) mass is 598 g/mol. The van der Waals surface area contributed by atoms with E-state index in [0.717, 1.165) is 47.1 Å². The van der Waals surface area contributed by atoms with E-state index in [1.165, 1.54) is 31.0 Å². The number of carbonyl (C=O) groups excluding carboxylic acids is 2. The van der Waals surface area contributed by atoms with Gasteiger partial charge in [0, 0.05) is 42.4 Å². The van der Waals surface area contributed by atoms with Crippen molar-refractivity contribution in [2.24, 2.45) is 34.5 Å². The molecular formula is C32H41FN3O5S+. The van der Waals surface area contributed by atoms with Crippen molar-refractivity contribution >= 4 is 40.3 Å². The molecule has 226 valence electrons. The van der Waals surface area contributed by atoms with Crippen molar-refractivity contribution in [3.05, 3.63) is 53.0 Å². The summed E-state index contributed by atoms with van der Waals surface area (Å²) in [6.07, 6.45) is 5.98. The summed E-state index contributed by atoms with van der Waals surface area (Å²) in [5.74, 6) is -1.22. The van der Waals surface area contributed by atoms with E-state index in [1.807, 2.05) is 19.2 Å². The maximum atomic E-state index is 13.8. The van der Waals surface area contributed by atoms with Crippen molar-refractivity contribution in [1.82, 2.24) is 0 Å². The predicted octanol–water partition coefficient (Wildman–Crippen LogP) is 4.51. The molecule has 0 bridgehead atoms. The van der Waals surface area contributed by atoms with Crippen LogP contribution in [0, 0.1) is 51.1 Å². The van der Waals surface area contributed by atoms with Crippen LogP contribution in [0.15, 0.2) is 47.2 Å². The zero-order valence-electron chi connectivity index (χ0n) is 24.6. The number of rotatable bonds is 8. The molecule has 0 aliphatic heterocycles. The zero-order chi connectivity index (χ0) is 30.4. The highest BCUT2D eigenvalue weighted by molar-refractivity contribution is 8.24. The van der Waals surface area contributed by atoms with Gasteiger partial charge in [0.05, 0.1) is 11.7 Å². The van der Waals surface area contributed by atoms with Gasteiger partial charge in [-0.1, -0.05) is 26.3 Å². The third-order valence-electron chi connectivity index (χ3n) is 10.8. The Labute approximate surface area is 250 Å². The summed E-state index contributed by atoms with van der Waals surface area (Å²) < 4.78 is 24.6. The van der Waals surface area contributed by atoms with Gasteiger partial charge in [0.2, 0.25) is 5.12 Å². The van der Waals surface area contributed by atoms with Crippen molar-refractivity contribution in [3.63, 3.8) is 0 Å². The van der Waals surface area contributed by atoms with Crippen molar-refractivity contribution < 1.29 is 33.9 Å². The predicted molar refractivity (Wildman–Crippen MR) is 159 cm³/mol. The van der Waals surface area contributed by atoms with E-state index in [9.17, 15) is 19.1 Å². The van der Waals surface area contributed by atoms with Gasteiger partial charge in [0.25, 0.3) is 0 Å². The number of ether oxygens (including phenoxy) is 2. The first kappa shape index (κ1) is 30.8. The average molecular weight is 599 g/mol. The summed E-state index contributed by atoms with van der Waals surface area (Å²) >= 11 is 0.737. The van der Waals surface area contributed by atoms with Gasteiger partial charge < -0.3 is 25.4 Å². The molecular weight excluding hydrogens is 557 g/mol. The van der Waals surface area contributed by atoms with Gasteiger partial charge >= 0.3 is 5.97 Å². The Bertz CT molecular complexity index is 1350. The lowest BCUT2D eigenvalue weighted by molar-refractivity contribution is -0.513. The van der Waals surface area contributed by atoms with Crippen molar-refractivity contribution in [1.29, 1.82) is 10.8 Å². The molecule has 0 heterocycles. The van der Waals surface area contributed by atoms with Gasteiger partial charge in [-0.05, 0) is 85.2 Å². The Hall–Kier alpha value is -2.66. The number of quaternary nitrogens is 1. The lowest BCUT2D eigenvalue weighted by Gasteiger charge is -2.60. The minimum absolute atomic E-state index is 0.0180. The van der Waals surface area contributed by atoms with Crippen LogP contribution in [0.2, 0.25) is 0 Å². The first-order valence-corrected chi connectivity index (χ1v) is 15.5. The fraction of sp³-hybridized carbons (Fsp3) is 0.562. The molecule has 2 unspecified atom stereocenters. The highest BCUT2D eigenvalue weighted by Gasteiger charge is 2.73. The Morgan fingerprint density at radius 2 is 1.95 bits per heavy atom. The number of esters is 1. The third-order valence-corrected chi connectivity index (χ3v) is 11.5. The van der Waals surface area contributed by atoms with Crippen molar-refractivity contribution in [3.8, 4) is 0 Å². The Morgan fingerprint density at radius 3 is 2.60 bits per heavy atom. The second-order valence-electron chi connectivity index (χ2n) is 12.9. The van der Waals surface area contributed by atoms with Gasteiger partial charge in [-0.15, -0.1) is 0 Å². The van der Waals surface area contributed by atoms with Gasteiger partial charge in [-0.25, -0.2) is 9.18 Å². The molecule has 42 heavy (non-hydrogen) atoms. The third kappa shape index (κ3) is 4.71. The summed E-state index contributed by atoms with van der Waals surface area (Å²) in [7, 11) is 1.40. The molecule has 0 saturated heterocycles. The number of hydrogen-bond acceptors (Lipinski definition) is 8. The number of thioether (sulfide) groups is 1. The summed E-state index contributed by atoms with van der Waals surface area (Å²) in [4.78, 5) is 26.6. The maximum Gasteiger partial charge on any atom is 0.333 e. The van der Waals surface area contributed by atoms with E-state index in [4.69, 9.17) is 20.3 Å². The van der Waals surface area contributed by atoms with Crippen LogP contribution in [0.5, 0.6) is 0 Å². The number of nitrogens with one attached hydrogen (secondary N) is 2. The lowest BCUT2D eigenvalue weighted by atomic mass is 9.45. The number of benzene rings is 1. The average Bonchev–Trinajstić information content (AvgIpc) is 3.16. The number of carbonyl (C=O) groups is 2. The van der Waals surface area contributed by atoms with Gasteiger partial charge in [-0.2, -0.15) is 0 Å². The summed E-state index contributed by atoms with van der Waals surface area (Å²) in [5, 5.41) is 29.5. The van der Waals surface area contributed by atoms with E-state index >= 15 is 0 Å². The minimum Gasteiger partial charge on any atom is -0.447 e. The Balaban J connectivity index is 1.50. The first-order chi connectivity index (χ1) is 19.9. The van der Waals surface area contributed by atoms with Crippen LogP contribution in [0.4, 0.5) is 10.1 Å². The molecule has 8 nitrogen and oxygen atoms in total. The normalized spacial score (nSPS) is 37.2. The molecule has 0 aromatic heterocycles. The number of methoxy groups -OCH3 is 1. The molecule has 0 spiro atoms. The Morgan fingerprint density at radius 1 is 1.24 bits per heavy atom. The van der Waals surface area contributed by atoms with Gasteiger partial charge in [-0.3, -0.25) is 10.1 Å². The van der Waals surface area contributed by atoms with Crippen LogP contribution in [-0.4, -0.2) is 53.4 Å². The summed E-state index contributed by atoms with van der Waals surface area (Å²) in [5.41, 5.74) is 2.19. The van der Waals surface area contributed by atoms with E-state index in [2.05, 4.69) is 13.0 Å². The molecule has 10 heteroatoms. The molecule has 1 aromatic carbocycles. The van der Waals surface area contributed by atoms with Gasteiger partial charge in [0.15, 0.2) is 5.60 Å². The number of allylic oxidation sites excluding steroid dienone is 3. The van der Waals surface area contributed by atoms with E-state index in [1.54, 1.807) is 12.1 Å². The van der Waals surface area contributed by atoms with Gasteiger partial charge in [0.1, 0.15) is 23.8 Å². The molecule has 0 radical (unpaired) electrons. The maximum absolute atomic E-state index is 13.8. The molecule has 8 atom stereocenters. The van der Waals surface area contributed by atoms with E-state index < -0.39 is 23.1 Å². The number of fused-ring (bicyclic) bond motifs is 5. The van der Waals surface area contributed by atoms with E-state index in [0.29, 0.717) is 12.8 Å². The smallest absolute Gasteiger partial charge is 0.333 e. The molecule has 5 rings (SSSR count). The SMILES string of the molecule is COCC(=O)O[C@]1(C(=O)SC=N)[C@H](C)CC2[C@@H]3CCC4=CC([NH2+]c5ccc(F)cc5)=C(C=N)C[C@]4(C)C3[C@@H](O)C[C@@]21C. The molecule has 4 aliphatic rings. The number of nitrogens with two attached hydrogens (primary N) is 1. The quantitative estimate of drug-likeness (QED) is 0.150. The number of halogens is 1. The molecule has 1 aromatic rings. The van der Waals surface area contributed by atoms with Crippen molar-refractivity contribution in [2.75, 3.05) is 13.7 Å².